The van der Waals surface area contributed by atoms with Crippen LogP contribution >= 0.6 is 0 Å². The van der Waals surface area contributed by atoms with Crippen molar-refractivity contribution in [3.63, 3.8) is 0 Å². The third-order valence-electron chi connectivity index (χ3n) is 5.76. The SMILES string of the molecule is NCC(=O)O.OC[C@@H](O)[C@@H](O)[C@H](O)[C@H](O)CO.OC[C@H]1O[C@@](CO)(O[C@H]2O[C@H](CO)[C@@H](O)[C@H](O)[C@H]2O)[C@@H](O)[C@@H]1O. The van der Waals surface area contributed by atoms with Gasteiger partial charge in [0.05, 0.1) is 33.0 Å². The molecule has 0 amide bonds. The van der Waals surface area contributed by atoms with E-state index in [9.17, 15) is 35.4 Å². The Morgan fingerprint density at radius 1 is 0.775 bits per heavy atom. The maximum atomic E-state index is 10.00. The van der Waals surface area contributed by atoms with E-state index in [1.807, 2.05) is 0 Å². The van der Waals surface area contributed by atoms with Crippen LogP contribution in [0, 0.1) is 0 Å². The molecule has 17 N–H and O–H groups in total. The van der Waals surface area contributed by atoms with Crippen LogP contribution in [0.2, 0.25) is 0 Å². The highest BCUT2D eigenvalue weighted by Crippen LogP contribution is 2.35. The van der Waals surface area contributed by atoms with Gasteiger partial charge in [-0.15, -0.1) is 0 Å². The molecule has 20 nitrogen and oxygen atoms in total. The number of aliphatic carboxylic acids is 1. The molecule has 2 aliphatic rings. The minimum absolute atomic E-state index is 0.278. The van der Waals surface area contributed by atoms with E-state index in [-0.39, 0.29) is 6.54 Å². The topological polar surface area (TPSA) is 374 Å². The third-order valence-corrected chi connectivity index (χ3v) is 5.76. The lowest BCUT2D eigenvalue weighted by Crippen LogP contribution is -2.62. The van der Waals surface area contributed by atoms with E-state index < -0.39 is 118 Å². The minimum atomic E-state index is -2.22. The number of carboxylic acid groups (broad SMARTS) is 1. The average Bonchev–Trinajstić information content (AvgIpc) is 3.21. The Kier molecular flexibility index (Phi) is 17.8. The van der Waals surface area contributed by atoms with Crippen molar-refractivity contribution in [1.29, 1.82) is 0 Å². The average molecular weight is 600 g/mol. The molecule has 0 unspecified atom stereocenters. The maximum absolute atomic E-state index is 10.00. The van der Waals surface area contributed by atoms with Crippen LogP contribution in [0.5, 0.6) is 0 Å². The van der Waals surface area contributed by atoms with Gasteiger partial charge in [-0.05, 0) is 0 Å². The Morgan fingerprint density at radius 3 is 1.55 bits per heavy atom. The van der Waals surface area contributed by atoms with Gasteiger partial charge in [-0.1, -0.05) is 0 Å². The fourth-order valence-electron chi connectivity index (χ4n) is 3.30. The lowest BCUT2D eigenvalue weighted by Gasteiger charge is -2.43. The van der Waals surface area contributed by atoms with Crippen LogP contribution < -0.4 is 5.73 Å². The summed E-state index contributed by atoms with van der Waals surface area (Å²) in [6.07, 6.45) is -19.0. The lowest BCUT2D eigenvalue weighted by atomic mass is 9.99. The van der Waals surface area contributed by atoms with Crippen LogP contribution in [0.25, 0.3) is 0 Å². The van der Waals surface area contributed by atoms with Gasteiger partial charge >= 0.3 is 5.97 Å². The predicted octanol–water partition coefficient (Wildman–Crippen LogP) is -9.95. The molecule has 20 heteroatoms. The summed E-state index contributed by atoms with van der Waals surface area (Å²) in [4.78, 5) is 9.24. The van der Waals surface area contributed by atoms with E-state index in [0.717, 1.165) is 0 Å². The molecule has 2 aliphatic heterocycles. The Balaban J connectivity index is 0.000000748. The number of hydrogen-bond donors (Lipinski definition) is 16. The van der Waals surface area contributed by atoms with Crippen molar-refractivity contribution in [2.45, 2.75) is 79.2 Å². The van der Waals surface area contributed by atoms with Gasteiger partial charge < -0.3 is 96.5 Å². The van der Waals surface area contributed by atoms with Gasteiger partial charge in [0, 0.05) is 0 Å². The van der Waals surface area contributed by atoms with Crippen molar-refractivity contribution >= 4 is 5.97 Å². The highest BCUT2D eigenvalue weighted by atomic mass is 16.8. The summed E-state index contributed by atoms with van der Waals surface area (Å²) in [7, 11) is 0. The molecule has 0 radical (unpaired) electrons. The first-order valence-corrected chi connectivity index (χ1v) is 11.7. The van der Waals surface area contributed by atoms with Gasteiger partial charge in [0.25, 0.3) is 0 Å². The number of carboxylic acids is 1. The number of aliphatic hydroxyl groups is 14. The summed E-state index contributed by atoms with van der Waals surface area (Å²) in [5.41, 5.74) is 4.57. The molecule has 240 valence electrons. The molecule has 0 saturated carbocycles. The lowest BCUT2D eigenvalue weighted by molar-refractivity contribution is -0.383. The van der Waals surface area contributed by atoms with Crippen molar-refractivity contribution < 1.29 is 95.6 Å². The second kappa shape index (κ2) is 18.3. The molecule has 0 spiro atoms. The maximum Gasteiger partial charge on any atom is 0.317 e. The first kappa shape index (κ1) is 38.8. The van der Waals surface area contributed by atoms with Gasteiger partial charge in [-0.25, -0.2) is 0 Å². The molecular formula is C20H41NO19. The van der Waals surface area contributed by atoms with Crippen LogP contribution in [0.1, 0.15) is 0 Å². The van der Waals surface area contributed by atoms with Gasteiger partial charge in [0.2, 0.25) is 5.79 Å². The van der Waals surface area contributed by atoms with Crippen molar-refractivity contribution in [1.82, 2.24) is 0 Å². The fourth-order valence-corrected chi connectivity index (χ4v) is 3.30. The molecule has 2 heterocycles. The Hall–Kier alpha value is -1.25. The second-order valence-corrected chi connectivity index (χ2v) is 8.64. The van der Waals surface area contributed by atoms with E-state index in [1.54, 1.807) is 0 Å². The fraction of sp³-hybridized carbons (Fsp3) is 0.950. The molecule has 0 aromatic heterocycles. The number of carbonyl (C=O) groups is 1. The quantitative estimate of drug-likeness (QED) is 0.105. The zero-order valence-electron chi connectivity index (χ0n) is 21.1. The third kappa shape index (κ3) is 10.2. The zero-order valence-corrected chi connectivity index (χ0v) is 21.1. The van der Waals surface area contributed by atoms with E-state index in [1.165, 1.54) is 0 Å². The van der Waals surface area contributed by atoms with Gasteiger partial charge in [0.1, 0.15) is 73.8 Å². The molecule has 2 fully saturated rings. The molecule has 0 aliphatic carbocycles. The second-order valence-electron chi connectivity index (χ2n) is 8.64. The van der Waals surface area contributed by atoms with Crippen molar-refractivity contribution in [3.8, 4) is 0 Å². The van der Waals surface area contributed by atoms with Crippen LogP contribution in [-0.4, -0.2) is 201 Å². The summed E-state index contributed by atoms with van der Waals surface area (Å²) >= 11 is 0. The van der Waals surface area contributed by atoms with Crippen LogP contribution in [0.4, 0.5) is 0 Å². The van der Waals surface area contributed by atoms with Crippen molar-refractivity contribution in [2.24, 2.45) is 5.73 Å². The van der Waals surface area contributed by atoms with Crippen molar-refractivity contribution in [3.05, 3.63) is 0 Å². The van der Waals surface area contributed by atoms with E-state index >= 15 is 0 Å². The van der Waals surface area contributed by atoms with E-state index in [4.69, 9.17) is 60.2 Å². The first-order valence-electron chi connectivity index (χ1n) is 11.7. The first-order chi connectivity index (χ1) is 18.6. The number of hydrogen-bond acceptors (Lipinski definition) is 19. The molecule has 40 heavy (non-hydrogen) atoms. The smallest absolute Gasteiger partial charge is 0.317 e. The van der Waals surface area contributed by atoms with Crippen molar-refractivity contribution in [2.75, 3.05) is 39.6 Å². The van der Waals surface area contributed by atoms with Gasteiger partial charge in [-0.3, -0.25) is 4.79 Å². The summed E-state index contributed by atoms with van der Waals surface area (Å²) < 4.78 is 15.4. The van der Waals surface area contributed by atoms with E-state index in [0.29, 0.717) is 0 Å². The minimum Gasteiger partial charge on any atom is -0.480 e. The Labute approximate surface area is 226 Å². The molecule has 0 aromatic carbocycles. The summed E-state index contributed by atoms with van der Waals surface area (Å²) in [6.45, 7) is -4.05. The molecule has 2 saturated heterocycles. The number of ether oxygens (including phenoxy) is 3. The Bertz CT molecular complexity index is 691. The highest BCUT2D eigenvalue weighted by Gasteiger charge is 2.58. The highest BCUT2D eigenvalue weighted by molar-refractivity contribution is 5.68. The molecule has 0 bridgehead atoms. The van der Waals surface area contributed by atoms with Crippen LogP contribution in [0.15, 0.2) is 0 Å². The normalized spacial score (nSPS) is 36.8. The number of rotatable bonds is 11. The summed E-state index contributed by atoms with van der Waals surface area (Å²) in [5.74, 6) is -3.19. The van der Waals surface area contributed by atoms with Crippen LogP contribution in [-0.2, 0) is 19.0 Å². The predicted molar refractivity (Wildman–Crippen MR) is 124 cm³/mol. The number of aliphatic hydroxyl groups excluding tert-OH is 14. The molecule has 2 rings (SSSR count). The Morgan fingerprint density at radius 2 is 1.23 bits per heavy atom. The zero-order chi connectivity index (χ0) is 31.4. The summed E-state index contributed by atoms with van der Waals surface area (Å²) in [6, 6.07) is 0. The summed E-state index contributed by atoms with van der Waals surface area (Å²) in [5, 5.41) is 136. The van der Waals surface area contributed by atoms with Gasteiger partial charge in [0.15, 0.2) is 6.29 Å². The largest absolute Gasteiger partial charge is 0.480 e. The molecule has 0 aromatic rings. The number of nitrogens with two attached hydrogens (primary N) is 1. The molecule has 13 atom stereocenters. The molecular weight excluding hydrogens is 558 g/mol. The van der Waals surface area contributed by atoms with Crippen LogP contribution in [0.3, 0.4) is 0 Å². The monoisotopic (exact) mass is 599 g/mol. The van der Waals surface area contributed by atoms with Gasteiger partial charge in [-0.2, -0.15) is 0 Å². The standard InChI is InChI=1S/C12H22O11.C6H14O6.C2H5NO2/c13-1-4-6(16)8(18)9(19)11(21-4)23-12(3-15)10(20)7(17)5(2-14)22-12;7-1-3(9)5(11)6(12)4(10)2-8;3-1-2(4)5/h4-11,13-20H,1-3H2;3-12H,1-2H2;1,3H2,(H,4,5)/t4-,5-,6-,7-,8+,9-,10+,11-,12+;3-,4-,5-,6-;/m11./s1. The van der Waals surface area contributed by atoms with E-state index in [2.05, 4.69) is 5.73 Å².